The Balaban J connectivity index is 2.18. The maximum absolute atomic E-state index is 11.2. The molecule has 1 aliphatic heterocycles. The van der Waals surface area contributed by atoms with Crippen molar-refractivity contribution in [2.24, 2.45) is 11.8 Å². The first kappa shape index (κ1) is 11.6. The van der Waals surface area contributed by atoms with E-state index in [1.54, 1.807) is 0 Å². The molecule has 4 unspecified atom stereocenters. The van der Waals surface area contributed by atoms with E-state index in [2.05, 4.69) is 11.9 Å². The Bertz CT molecular complexity index is 391. The zero-order valence-electron chi connectivity index (χ0n) is 9.09. The number of esters is 1. The first-order chi connectivity index (χ1) is 8.02. The SMILES string of the molecule is C=CC(=O)NC1C2CC(=O)OC1C(C(=O)O)C2. The van der Waals surface area contributed by atoms with Gasteiger partial charge in [-0.1, -0.05) is 6.58 Å². The van der Waals surface area contributed by atoms with Crippen molar-refractivity contribution in [3.63, 3.8) is 0 Å². The van der Waals surface area contributed by atoms with Crippen LogP contribution in [-0.4, -0.2) is 35.1 Å². The number of fused-ring (bicyclic) bond motifs is 2. The van der Waals surface area contributed by atoms with Crippen LogP contribution in [0.4, 0.5) is 0 Å². The second-order valence-electron chi connectivity index (χ2n) is 4.34. The van der Waals surface area contributed by atoms with Crippen LogP contribution in [0.15, 0.2) is 12.7 Å². The van der Waals surface area contributed by atoms with Crippen molar-refractivity contribution >= 4 is 17.8 Å². The maximum atomic E-state index is 11.2. The van der Waals surface area contributed by atoms with Crippen LogP contribution in [0.1, 0.15) is 12.8 Å². The van der Waals surface area contributed by atoms with E-state index < -0.39 is 30.0 Å². The molecule has 1 saturated heterocycles. The third-order valence-electron chi connectivity index (χ3n) is 3.32. The number of carbonyl (C=O) groups excluding carboxylic acids is 2. The van der Waals surface area contributed by atoms with Crippen LogP contribution in [0, 0.1) is 11.8 Å². The molecular weight excluding hydrogens is 226 g/mol. The van der Waals surface area contributed by atoms with E-state index in [0.29, 0.717) is 6.42 Å². The number of hydrogen-bond donors (Lipinski definition) is 2. The molecule has 1 aliphatic carbocycles. The number of hydrogen-bond acceptors (Lipinski definition) is 4. The number of carboxylic acid groups (broad SMARTS) is 1. The number of carbonyl (C=O) groups is 3. The lowest BCUT2D eigenvalue weighted by molar-refractivity contribution is -0.161. The number of carboxylic acids is 1. The van der Waals surface area contributed by atoms with Gasteiger partial charge < -0.3 is 15.2 Å². The molecule has 1 amide bonds. The van der Waals surface area contributed by atoms with Gasteiger partial charge >= 0.3 is 11.9 Å². The molecule has 2 rings (SSSR count). The Kier molecular flexibility index (Phi) is 2.87. The molecule has 0 aromatic heterocycles. The molecule has 4 atom stereocenters. The Morgan fingerprint density at radius 2 is 2.24 bits per heavy atom. The van der Waals surface area contributed by atoms with E-state index in [0.717, 1.165) is 6.08 Å². The van der Waals surface area contributed by atoms with Crippen molar-refractivity contribution < 1.29 is 24.2 Å². The minimum Gasteiger partial charge on any atom is -0.481 e. The molecule has 0 radical (unpaired) electrons. The third-order valence-corrected chi connectivity index (χ3v) is 3.32. The van der Waals surface area contributed by atoms with Gasteiger partial charge in [0.25, 0.3) is 0 Å². The van der Waals surface area contributed by atoms with Crippen molar-refractivity contribution in [1.82, 2.24) is 5.32 Å². The molecule has 1 saturated carbocycles. The average Bonchev–Trinajstić information content (AvgIpc) is 2.48. The predicted molar refractivity (Wildman–Crippen MR) is 55.9 cm³/mol. The molecular formula is C11H13NO5. The van der Waals surface area contributed by atoms with Gasteiger partial charge in [0.15, 0.2) is 0 Å². The van der Waals surface area contributed by atoms with Crippen molar-refractivity contribution in [3.8, 4) is 0 Å². The lowest BCUT2D eigenvalue weighted by Gasteiger charge is -2.30. The highest BCUT2D eigenvalue weighted by molar-refractivity contribution is 5.87. The fraction of sp³-hybridized carbons (Fsp3) is 0.545. The van der Waals surface area contributed by atoms with Gasteiger partial charge in [0, 0.05) is 0 Å². The molecule has 1 heterocycles. The van der Waals surface area contributed by atoms with E-state index in [9.17, 15) is 14.4 Å². The van der Waals surface area contributed by atoms with Gasteiger partial charge in [-0.25, -0.2) is 0 Å². The van der Waals surface area contributed by atoms with Crippen LogP contribution in [0.3, 0.4) is 0 Å². The number of rotatable bonds is 3. The topological polar surface area (TPSA) is 92.7 Å². The molecule has 0 spiro atoms. The summed E-state index contributed by atoms with van der Waals surface area (Å²) < 4.78 is 5.04. The molecule has 92 valence electrons. The summed E-state index contributed by atoms with van der Waals surface area (Å²) in [4.78, 5) is 33.5. The van der Waals surface area contributed by atoms with Crippen molar-refractivity contribution in [2.45, 2.75) is 25.0 Å². The van der Waals surface area contributed by atoms with Gasteiger partial charge in [-0.2, -0.15) is 0 Å². The van der Waals surface area contributed by atoms with E-state index >= 15 is 0 Å². The van der Waals surface area contributed by atoms with Gasteiger partial charge in [0.05, 0.1) is 18.4 Å². The summed E-state index contributed by atoms with van der Waals surface area (Å²) in [7, 11) is 0. The monoisotopic (exact) mass is 239 g/mol. The summed E-state index contributed by atoms with van der Waals surface area (Å²) in [6, 6.07) is -0.417. The highest BCUT2D eigenvalue weighted by Crippen LogP contribution is 2.40. The zero-order chi connectivity index (χ0) is 12.6. The van der Waals surface area contributed by atoms with E-state index in [4.69, 9.17) is 9.84 Å². The van der Waals surface area contributed by atoms with Crippen molar-refractivity contribution in [1.29, 1.82) is 0 Å². The minimum atomic E-state index is -0.995. The standard InChI is InChI=1S/C11H13NO5/c1-2-7(13)12-9-5-3-6(11(15)16)10(9)17-8(14)4-5/h2,5-6,9-10H,1,3-4H2,(H,12,13)(H,15,16). The zero-order valence-corrected chi connectivity index (χ0v) is 9.09. The third kappa shape index (κ3) is 2.02. The van der Waals surface area contributed by atoms with Crippen molar-refractivity contribution in [3.05, 3.63) is 12.7 Å². The van der Waals surface area contributed by atoms with Gasteiger partial charge in [0.2, 0.25) is 5.91 Å². The molecule has 0 aromatic carbocycles. The molecule has 2 N–H and O–H groups in total. The minimum absolute atomic E-state index is 0.155. The summed E-state index contributed by atoms with van der Waals surface area (Å²) in [6.45, 7) is 3.33. The van der Waals surface area contributed by atoms with Crippen LogP contribution < -0.4 is 5.32 Å². The van der Waals surface area contributed by atoms with E-state index in [-0.39, 0.29) is 18.2 Å². The van der Waals surface area contributed by atoms with Crippen LogP contribution in [0.5, 0.6) is 0 Å². The number of aliphatic carboxylic acids is 1. The predicted octanol–water partition coefficient (Wildman–Crippen LogP) is -0.307. The summed E-state index contributed by atoms with van der Waals surface area (Å²) >= 11 is 0. The molecule has 2 fully saturated rings. The summed E-state index contributed by atoms with van der Waals surface area (Å²) in [5.74, 6) is -2.67. The van der Waals surface area contributed by atoms with E-state index in [1.807, 2.05) is 0 Å². The van der Waals surface area contributed by atoms with Crippen molar-refractivity contribution in [2.75, 3.05) is 0 Å². The van der Waals surface area contributed by atoms with Crippen LogP contribution >= 0.6 is 0 Å². The fourth-order valence-electron chi connectivity index (χ4n) is 2.57. The van der Waals surface area contributed by atoms with E-state index in [1.165, 1.54) is 0 Å². The highest BCUT2D eigenvalue weighted by atomic mass is 16.5. The Morgan fingerprint density at radius 1 is 1.53 bits per heavy atom. The molecule has 17 heavy (non-hydrogen) atoms. The number of ether oxygens (including phenoxy) is 1. The largest absolute Gasteiger partial charge is 0.481 e. The second-order valence-corrected chi connectivity index (χ2v) is 4.34. The average molecular weight is 239 g/mol. The molecule has 2 aliphatic rings. The first-order valence-electron chi connectivity index (χ1n) is 5.38. The first-order valence-corrected chi connectivity index (χ1v) is 5.38. The second kappa shape index (κ2) is 4.20. The Morgan fingerprint density at radius 3 is 2.82 bits per heavy atom. The Hall–Kier alpha value is -1.85. The van der Waals surface area contributed by atoms with Gasteiger partial charge in [0.1, 0.15) is 6.10 Å². The summed E-state index contributed by atoms with van der Waals surface area (Å²) in [5, 5.41) is 11.7. The summed E-state index contributed by atoms with van der Waals surface area (Å²) in [5.41, 5.74) is 0. The molecule has 0 aromatic rings. The normalized spacial score (nSPS) is 34.9. The van der Waals surface area contributed by atoms with Crippen LogP contribution in [0.25, 0.3) is 0 Å². The molecule has 6 nitrogen and oxygen atoms in total. The highest BCUT2D eigenvalue weighted by Gasteiger charge is 2.53. The summed E-state index contributed by atoms with van der Waals surface area (Å²) in [6.07, 6.45) is 0.865. The molecule has 2 bridgehead atoms. The number of amides is 1. The molecule has 6 heteroatoms. The number of nitrogens with one attached hydrogen (secondary N) is 1. The fourth-order valence-corrected chi connectivity index (χ4v) is 2.57. The lowest BCUT2D eigenvalue weighted by Crippen LogP contribution is -2.50. The smallest absolute Gasteiger partial charge is 0.310 e. The maximum Gasteiger partial charge on any atom is 0.310 e. The van der Waals surface area contributed by atoms with Crippen LogP contribution in [-0.2, 0) is 19.1 Å². The van der Waals surface area contributed by atoms with Gasteiger partial charge in [-0.3, -0.25) is 14.4 Å². The lowest BCUT2D eigenvalue weighted by atomic mass is 9.97. The van der Waals surface area contributed by atoms with Gasteiger partial charge in [-0.05, 0) is 18.4 Å². The van der Waals surface area contributed by atoms with Crippen LogP contribution in [0.2, 0.25) is 0 Å². The quantitative estimate of drug-likeness (QED) is 0.520. The Labute approximate surface area is 97.6 Å². The van der Waals surface area contributed by atoms with Gasteiger partial charge in [-0.15, -0.1) is 0 Å².